The molecule has 0 saturated carbocycles. The van der Waals surface area contributed by atoms with Crippen LogP contribution in [-0.4, -0.2) is 9.55 Å². The van der Waals surface area contributed by atoms with Gasteiger partial charge in [0.05, 0.1) is 10.2 Å². The van der Waals surface area contributed by atoms with E-state index in [4.69, 9.17) is 4.74 Å². The summed E-state index contributed by atoms with van der Waals surface area (Å²) in [7, 11) is 0. The van der Waals surface area contributed by atoms with E-state index in [-0.39, 0.29) is 5.56 Å². The number of thiazole rings is 1. The van der Waals surface area contributed by atoms with E-state index in [0.717, 1.165) is 26.7 Å². The highest BCUT2D eigenvalue weighted by atomic mass is 32.1. The lowest BCUT2D eigenvalue weighted by atomic mass is 10.3. The van der Waals surface area contributed by atoms with Crippen LogP contribution in [0.1, 0.15) is 5.01 Å². The molecule has 0 aliphatic rings. The predicted molar refractivity (Wildman–Crippen MR) is 96.0 cm³/mol. The van der Waals surface area contributed by atoms with Crippen LogP contribution in [0.15, 0.2) is 77.7 Å². The number of ether oxygens (including phenoxy) is 1. The van der Waals surface area contributed by atoms with Crippen LogP contribution in [0.3, 0.4) is 0 Å². The zero-order valence-electron chi connectivity index (χ0n) is 12.8. The van der Waals surface area contributed by atoms with Gasteiger partial charge in [0.2, 0.25) is 0 Å². The number of hydrogen-bond acceptors (Lipinski definition) is 4. The summed E-state index contributed by atoms with van der Waals surface area (Å²) >= 11 is 1.64. The maximum Gasteiger partial charge on any atom is 0.255 e. The fourth-order valence-corrected chi connectivity index (χ4v) is 3.35. The minimum atomic E-state index is -0.0550. The number of hydrogen-bond donors (Lipinski definition) is 0. The zero-order valence-corrected chi connectivity index (χ0v) is 13.6. The van der Waals surface area contributed by atoms with Crippen molar-refractivity contribution < 1.29 is 4.74 Å². The summed E-state index contributed by atoms with van der Waals surface area (Å²) in [6, 6.07) is 20.6. The molecule has 0 aliphatic heterocycles. The minimum absolute atomic E-state index is 0.0550. The van der Waals surface area contributed by atoms with Crippen molar-refractivity contribution in [2.45, 2.75) is 6.61 Å². The third-order valence-electron chi connectivity index (χ3n) is 3.64. The van der Waals surface area contributed by atoms with Gasteiger partial charge in [-0.15, -0.1) is 11.3 Å². The lowest BCUT2D eigenvalue weighted by molar-refractivity contribution is 0.306. The highest BCUT2D eigenvalue weighted by molar-refractivity contribution is 7.18. The first kappa shape index (κ1) is 14.7. The van der Waals surface area contributed by atoms with Crippen molar-refractivity contribution in [3.05, 3.63) is 88.3 Å². The molecule has 4 aromatic rings. The molecular formula is C19H14N2O2S. The lowest BCUT2D eigenvalue weighted by Crippen LogP contribution is -2.15. The highest BCUT2D eigenvalue weighted by Crippen LogP contribution is 2.23. The van der Waals surface area contributed by atoms with Crippen LogP contribution in [0.2, 0.25) is 0 Å². The fourth-order valence-electron chi connectivity index (χ4n) is 2.47. The minimum Gasteiger partial charge on any atom is -0.486 e. The van der Waals surface area contributed by atoms with Gasteiger partial charge in [-0.05, 0) is 42.5 Å². The smallest absolute Gasteiger partial charge is 0.255 e. The van der Waals surface area contributed by atoms with E-state index in [1.807, 2.05) is 48.5 Å². The van der Waals surface area contributed by atoms with E-state index < -0.39 is 0 Å². The first-order chi connectivity index (χ1) is 11.8. The number of nitrogens with zero attached hydrogens (tertiary/aromatic N) is 2. The Hall–Kier alpha value is -2.92. The number of rotatable bonds is 4. The molecule has 2 aromatic heterocycles. The van der Waals surface area contributed by atoms with Crippen LogP contribution < -0.4 is 10.3 Å². The largest absolute Gasteiger partial charge is 0.486 e. The summed E-state index contributed by atoms with van der Waals surface area (Å²) in [5.41, 5.74) is 1.76. The summed E-state index contributed by atoms with van der Waals surface area (Å²) in [5.74, 6) is 0.752. The summed E-state index contributed by atoms with van der Waals surface area (Å²) in [4.78, 5) is 16.4. The maximum atomic E-state index is 11.8. The Labute approximate surface area is 142 Å². The first-order valence-corrected chi connectivity index (χ1v) is 8.37. The number of benzene rings is 2. The molecule has 2 aromatic carbocycles. The first-order valence-electron chi connectivity index (χ1n) is 7.55. The number of fused-ring (bicyclic) bond motifs is 1. The lowest BCUT2D eigenvalue weighted by Gasteiger charge is -2.07. The second-order valence-corrected chi connectivity index (χ2v) is 6.38. The zero-order chi connectivity index (χ0) is 16.4. The van der Waals surface area contributed by atoms with E-state index in [1.54, 1.807) is 28.2 Å². The van der Waals surface area contributed by atoms with Crippen LogP contribution in [0.25, 0.3) is 15.9 Å². The van der Waals surface area contributed by atoms with Crippen LogP contribution >= 0.6 is 11.3 Å². The van der Waals surface area contributed by atoms with Gasteiger partial charge in [-0.2, -0.15) is 0 Å². The molecule has 24 heavy (non-hydrogen) atoms. The van der Waals surface area contributed by atoms with Crippen molar-refractivity contribution in [2.75, 3.05) is 0 Å². The quantitative estimate of drug-likeness (QED) is 0.566. The van der Waals surface area contributed by atoms with Crippen LogP contribution in [-0.2, 0) is 6.61 Å². The van der Waals surface area contributed by atoms with Crippen molar-refractivity contribution in [1.82, 2.24) is 9.55 Å². The van der Waals surface area contributed by atoms with E-state index in [1.165, 1.54) is 6.07 Å². The molecule has 0 saturated heterocycles. The van der Waals surface area contributed by atoms with Gasteiger partial charge in [-0.1, -0.05) is 18.2 Å². The molecule has 0 amide bonds. The predicted octanol–water partition coefficient (Wildman–Crippen LogP) is 4.03. The topological polar surface area (TPSA) is 44.1 Å². The Bertz CT molecular complexity index is 1000. The van der Waals surface area contributed by atoms with Gasteiger partial charge < -0.3 is 4.74 Å². The molecular weight excluding hydrogens is 320 g/mol. The third kappa shape index (κ3) is 2.94. The molecule has 0 radical (unpaired) electrons. The summed E-state index contributed by atoms with van der Waals surface area (Å²) in [6.45, 7) is 0.435. The molecule has 0 aliphatic carbocycles. The van der Waals surface area contributed by atoms with Gasteiger partial charge >= 0.3 is 0 Å². The highest BCUT2D eigenvalue weighted by Gasteiger charge is 2.04. The van der Waals surface area contributed by atoms with E-state index in [9.17, 15) is 4.79 Å². The van der Waals surface area contributed by atoms with Gasteiger partial charge in [-0.25, -0.2) is 4.98 Å². The van der Waals surface area contributed by atoms with Gasteiger partial charge in [-0.3, -0.25) is 9.36 Å². The molecule has 0 fully saturated rings. The summed E-state index contributed by atoms with van der Waals surface area (Å²) < 4.78 is 8.56. The second-order valence-electron chi connectivity index (χ2n) is 5.27. The Kier molecular flexibility index (Phi) is 3.84. The van der Waals surface area contributed by atoms with Gasteiger partial charge in [0, 0.05) is 18.0 Å². The average molecular weight is 334 g/mol. The molecule has 4 rings (SSSR count). The molecule has 0 spiro atoms. The van der Waals surface area contributed by atoms with Crippen molar-refractivity contribution in [3.63, 3.8) is 0 Å². The summed E-state index contributed by atoms with van der Waals surface area (Å²) in [5, 5.41) is 0.944. The monoisotopic (exact) mass is 334 g/mol. The molecule has 0 unspecified atom stereocenters. The Morgan fingerprint density at radius 2 is 1.75 bits per heavy atom. The average Bonchev–Trinajstić information content (AvgIpc) is 3.04. The SMILES string of the molecule is O=c1ccccn1-c1ccc(OCc2nc3ccccc3s2)cc1. The normalized spacial score (nSPS) is 10.8. The van der Waals surface area contributed by atoms with E-state index in [0.29, 0.717) is 6.61 Å². The molecule has 0 bridgehead atoms. The van der Waals surface area contributed by atoms with Crippen molar-refractivity contribution >= 4 is 21.6 Å². The summed E-state index contributed by atoms with van der Waals surface area (Å²) in [6.07, 6.45) is 1.75. The molecule has 0 N–H and O–H groups in total. The number of pyridine rings is 1. The second kappa shape index (κ2) is 6.29. The molecule has 118 valence electrons. The molecule has 5 heteroatoms. The van der Waals surface area contributed by atoms with E-state index in [2.05, 4.69) is 11.1 Å². The molecule has 4 nitrogen and oxygen atoms in total. The Morgan fingerprint density at radius 3 is 2.54 bits per heavy atom. The van der Waals surface area contributed by atoms with Crippen LogP contribution in [0, 0.1) is 0 Å². The number of aromatic nitrogens is 2. The standard InChI is InChI=1S/C19H14N2O2S/c22-19-7-3-4-12-21(19)14-8-10-15(11-9-14)23-13-18-20-16-5-1-2-6-17(16)24-18/h1-12H,13H2. The maximum absolute atomic E-state index is 11.8. The van der Waals surface area contributed by atoms with Crippen molar-refractivity contribution in [2.24, 2.45) is 0 Å². The molecule has 2 heterocycles. The van der Waals surface area contributed by atoms with Crippen molar-refractivity contribution in [1.29, 1.82) is 0 Å². The Balaban J connectivity index is 1.49. The van der Waals surface area contributed by atoms with Crippen molar-refractivity contribution in [3.8, 4) is 11.4 Å². The van der Waals surface area contributed by atoms with Gasteiger partial charge in [0.1, 0.15) is 17.4 Å². The van der Waals surface area contributed by atoms with Crippen LogP contribution in [0.5, 0.6) is 5.75 Å². The number of para-hydroxylation sites is 1. The van der Waals surface area contributed by atoms with E-state index >= 15 is 0 Å². The van der Waals surface area contributed by atoms with Crippen LogP contribution in [0.4, 0.5) is 0 Å². The van der Waals surface area contributed by atoms with Gasteiger partial charge in [0.15, 0.2) is 0 Å². The third-order valence-corrected chi connectivity index (χ3v) is 4.65. The van der Waals surface area contributed by atoms with Gasteiger partial charge in [0.25, 0.3) is 5.56 Å². The Morgan fingerprint density at radius 1 is 0.958 bits per heavy atom. The molecule has 0 atom stereocenters. The fraction of sp³-hybridized carbons (Fsp3) is 0.0526.